The Morgan fingerprint density at radius 3 is 2.85 bits per heavy atom. The molecule has 72 valence electrons. The third-order valence-electron chi connectivity index (χ3n) is 2.14. The van der Waals surface area contributed by atoms with Gasteiger partial charge >= 0.3 is 0 Å². The fraction of sp³-hybridized carbons (Fsp3) is 0.700. The number of rotatable bonds is 5. The van der Waals surface area contributed by atoms with Crippen molar-refractivity contribution in [3.05, 3.63) is 0 Å². The normalized spacial score (nSPS) is 15.1. The molecule has 0 aliphatic heterocycles. The Kier molecular flexibility index (Phi) is 3.78. The van der Waals surface area contributed by atoms with Gasteiger partial charge in [-0.3, -0.25) is 4.79 Å². The second kappa shape index (κ2) is 4.88. The van der Waals surface area contributed by atoms with E-state index in [2.05, 4.69) is 11.2 Å². The fourth-order valence-corrected chi connectivity index (χ4v) is 1.24. The van der Waals surface area contributed by atoms with E-state index in [4.69, 9.17) is 6.42 Å². The van der Waals surface area contributed by atoms with Crippen LogP contribution < -0.4 is 5.32 Å². The number of likely N-dealkylation sites (N-methyl/N-ethyl adjacent to an activating group) is 1. The quantitative estimate of drug-likeness (QED) is 0.608. The molecule has 0 aromatic carbocycles. The van der Waals surface area contributed by atoms with Gasteiger partial charge in [-0.15, -0.1) is 6.42 Å². The van der Waals surface area contributed by atoms with Crippen LogP contribution in [0.3, 0.4) is 0 Å². The number of carbonyl (C=O) groups is 1. The summed E-state index contributed by atoms with van der Waals surface area (Å²) in [5, 5.41) is 2.84. The first-order chi connectivity index (χ1) is 6.27. The number of terminal acetylenes is 1. The summed E-state index contributed by atoms with van der Waals surface area (Å²) >= 11 is 0. The van der Waals surface area contributed by atoms with Crippen LogP contribution in [0, 0.1) is 18.3 Å². The highest BCUT2D eigenvalue weighted by Crippen LogP contribution is 2.29. The van der Waals surface area contributed by atoms with Crippen molar-refractivity contribution in [1.29, 1.82) is 0 Å². The largest absolute Gasteiger partial charge is 0.330 e. The summed E-state index contributed by atoms with van der Waals surface area (Å²) in [5.41, 5.74) is 0. The van der Waals surface area contributed by atoms with E-state index in [0.29, 0.717) is 19.0 Å². The Labute approximate surface area is 79.5 Å². The van der Waals surface area contributed by atoms with Gasteiger partial charge < -0.3 is 10.2 Å². The van der Waals surface area contributed by atoms with Crippen molar-refractivity contribution in [3.63, 3.8) is 0 Å². The molecule has 1 saturated carbocycles. The maximum absolute atomic E-state index is 11.5. The smallest absolute Gasteiger partial charge is 0.237 e. The van der Waals surface area contributed by atoms with Gasteiger partial charge in [-0.05, 0) is 25.8 Å². The number of amides is 1. The molecule has 1 amide bonds. The first-order valence-corrected chi connectivity index (χ1v) is 4.63. The highest BCUT2D eigenvalue weighted by molar-refractivity contribution is 5.78. The molecule has 1 aliphatic carbocycles. The first-order valence-electron chi connectivity index (χ1n) is 4.63. The molecule has 0 aromatic heterocycles. The van der Waals surface area contributed by atoms with Gasteiger partial charge in [0.25, 0.3) is 0 Å². The summed E-state index contributed by atoms with van der Waals surface area (Å²) in [6.07, 6.45) is 7.68. The van der Waals surface area contributed by atoms with Gasteiger partial charge in [-0.25, -0.2) is 0 Å². The van der Waals surface area contributed by atoms with E-state index >= 15 is 0 Å². The number of nitrogens with zero attached hydrogens (tertiary/aromatic N) is 1. The molecule has 1 aliphatic rings. The second-order valence-corrected chi connectivity index (χ2v) is 3.45. The van der Waals surface area contributed by atoms with Crippen LogP contribution in [0.4, 0.5) is 0 Å². The monoisotopic (exact) mass is 180 g/mol. The molecule has 0 atom stereocenters. The minimum Gasteiger partial charge on any atom is -0.330 e. The maximum Gasteiger partial charge on any atom is 0.237 e. The summed E-state index contributed by atoms with van der Waals surface area (Å²) in [4.78, 5) is 13.2. The minimum atomic E-state index is 0.104. The van der Waals surface area contributed by atoms with E-state index in [1.165, 1.54) is 12.8 Å². The maximum atomic E-state index is 11.5. The molecule has 0 saturated heterocycles. The van der Waals surface area contributed by atoms with E-state index < -0.39 is 0 Å². The van der Waals surface area contributed by atoms with Gasteiger partial charge in [-0.2, -0.15) is 0 Å². The van der Waals surface area contributed by atoms with Crippen LogP contribution in [0.1, 0.15) is 12.8 Å². The number of hydrogen-bond acceptors (Lipinski definition) is 2. The van der Waals surface area contributed by atoms with Gasteiger partial charge in [-0.1, -0.05) is 5.92 Å². The molecule has 1 N–H and O–H groups in total. The average Bonchev–Trinajstić information content (AvgIpc) is 2.88. The predicted octanol–water partition coefficient (Wildman–Crippen LogP) is 0.0776. The summed E-state index contributed by atoms with van der Waals surface area (Å²) in [6, 6.07) is 0. The Morgan fingerprint density at radius 2 is 2.38 bits per heavy atom. The number of nitrogens with one attached hydrogen (secondary N) is 1. The summed E-state index contributed by atoms with van der Waals surface area (Å²) in [7, 11) is 1.77. The lowest BCUT2D eigenvalue weighted by Crippen LogP contribution is -2.38. The molecule has 1 fully saturated rings. The summed E-state index contributed by atoms with van der Waals surface area (Å²) < 4.78 is 0. The summed E-state index contributed by atoms with van der Waals surface area (Å²) in [6.45, 7) is 1.66. The van der Waals surface area contributed by atoms with Crippen molar-refractivity contribution in [2.45, 2.75) is 12.8 Å². The van der Waals surface area contributed by atoms with Gasteiger partial charge in [0.15, 0.2) is 0 Å². The van der Waals surface area contributed by atoms with E-state index in [-0.39, 0.29) is 5.91 Å². The third kappa shape index (κ3) is 3.47. The zero-order chi connectivity index (χ0) is 9.68. The second-order valence-electron chi connectivity index (χ2n) is 3.45. The molecule has 0 heterocycles. The predicted molar refractivity (Wildman–Crippen MR) is 52.1 cm³/mol. The molecule has 0 bridgehead atoms. The van der Waals surface area contributed by atoms with Crippen molar-refractivity contribution in [2.24, 2.45) is 5.92 Å². The van der Waals surface area contributed by atoms with Crippen molar-refractivity contribution in [3.8, 4) is 12.3 Å². The molecule has 0 spiro atoms. The number of carbonyl (C=O) groups excluding carboxylic acids is 1. The van der Waals surface area contributed by atoms with Crippen LogP contribution in [0.5, 0.6) is 0 Å². The topological polar surface area (TPSA) is 32.3 Å². The highest BCUT2D eigenvalue weighted by atomic mass is 16.2. The molecular formula is C10H16N2O. The van der Waals surface area contributed by atoms with E-state index in [0.717, 1.165) is 6.54 Å². The van der Waals surface area contributed by atoms with Crippen molar-refractivity contribution in [2.75, 3.05) is 26.7 Å². The Morgan fingerprint density at radius 1 is 1.69 bits per heavy atom. The van der Waals surface area contributed by atoms with Gasteiger partial charge in [0.05, 0.1) is 13.1 Å². The van der Waals surface area contributed by atoms with Crippen LogP contribution >= 0.6 is 0 Å². The van der Waals surface area contributed by atoms with E-state index in [1.807, 2.05) is 0 Å². The standard InChI is InChI=1S/C10H16N2O/c1-3-6-12(8-9-4-5-9)10(13)7-11-2/h1,9,11H,4-8H2,2H3. The summed E-state index contributed by atoms with van der Waals surface area (Å²) in [5.74, 6) is 3.32. The van der Waals surface area contributed by atoms with Crippen LogP contribution in [0.15, 0.2) is 0 Å². The third-order valence-corrected chi connectivity index (χ3v) is 2.14. The Hall–Kier alpha value is -1.01. The zero-order valence-electron chi connectivity index (χ0n) is 8.05. The van der Waals surface area contributed by atoms with Crippen molar-refractivity contribution < 1.29 is 4.79 Å². The van der Waals surface area contributed by atoms with E-state index in [9.17, 15) is 4.79 Å². The van der Waals surface area contributed by atoms with E-state index in [1.54, 1.807) is 11.9 Å². The fourth-order valence-electron chi connectivity index (χ4n) is 1.24. The van der Waals surface area contributed by atoms with Gasteiger partial charge in [0.1, 0.15) is 0 Å². The zero-order valence-corrected chi connectivity index (χ0v) is 8.05. The SMILES string of the molecule is C#CCN(CC1CC1)C(=O)CNC. The highest BCUT2D eigenvalue weighted by Gasteiger charge is 2.25. The van der Waals surface area contributed by atoms with Crippen LogP contribution in [0.25, 0.3) is 0 Å². The lowest BCUT2D eigenvalue weighted by Gasteiger charge is -2.19. The van der Waals surface area contributed by atoms with Crippen LogP contribution in [0.2, 0.25) is 0 Å². The Bertz CT molecular complexity index is 215. The minimum absolute atomic E-state index is 0.104. The van der Waals surface area contributed by atoms with Gasteiger partial charge in [0, 0.05) is 6.54 Å². The van der Waals surface area contributed by atoms with Gasteiger partial charge in [0.2, 0.25) is 5.91 Å². The van der Waals surface area contributed by atoms with Crippen molar-refractivity contribution in [1.82, 2.24) is 10.2 Å². The average molecular weight is 180 g/mol. The Balaban J connectivity index is 2.35. The lowest BCUT2D eigenvalue weighted by molar-refractivity contribution is -0.129. The lowest BCUT2D eigenvalue weighted by atomic mass is 10.3. The molecule has 1 rings (SSSR count). The first kappa shape index (κ1) is 10.1. The molecule has 3 nitrogen and oxygen atoms in total. The molecule has 0 unspecified atom stereocenters. The molecule has 0 aromatic rings. The van der Waals surface area contributed by atoms with Crippen LogP contribution in [-0.2, 0) is 4.79 Å². The molecule has 13 heavy (non-hydrogen) atoms. The molecule has 3 heteroatoms. The van der Waals surface area contributed by atoms with Crippen LogP contribution in [-0.4, -0.2) is 37.5 Å². The molecule has 0 radical (unpaired) electrons. The number of hydrogen-bond donors (Lipinski definition) is 1. The molecular weight excluding hydrogens is 164 g/mol. The van der Waals surface area contributed by atoms with Crippen molar-refractivity contribution >= 4 is 5.91 Å².